The number of carbonyl (C=O) groups is 1. The van der Waals surface area contributed by atoms with Crippen molar-refractivity contribution in [1.82, 2.24) is 9.88 Å². The van der Waals surface area contributed by atoms with Crippen molar-refractivity contribution in [3.8, 4) is 5.88 Å². The van der Waals surface area contributed by atoms with Crippen LogP contribution in [0.25, 0.3) is 0 Å². The molecular weight excluding hydrogens is 284 g/mol. The lowest BCUT2D eigenvalue weighted by Gasteiger charge is -2.38. The number of likely N-dealkylation sites (tertiary alicyclic amines) is 1. The first-order valence-corrected chi connectivity index (χ1v) is 8.00. The first kappa shape index (κ1) is 13.9. The third kappa shape index (κ3) is 3.03. The quantitative estimate of drug-likeness (QED) is 0.814. The van der Waals surface area contributed by atoms with Crippen LogP contribution in [-0.4, -0.2) is 41.2 Å². The van der Waals surface area contributed by atoms with E-state index >= 15 is 0 Å². The predicted molar refractivity (Wildman–Crippen MR) is 82.8 cm³/mol. The molecule has 1 aliphatic rings. The van der Waals surface area contributed by atoms with Crippen LogP contribution in [0.15, 0.2) is 53.6 Å². The number of carbonyl (C=O) groups excluding carboxylic acids is 1. The van der Waals surface area contributed by atoms with Crippen LogP contribution in [0, 0.1) is 0 Å². The molecule has 0 aliphatic carbocycles. The zero-order valence-electron chi connectivity index (χ0n) is 11.7. The van der Waals surface area contributed by atoms with E-state index in [-0.39, 0.29) is 12.0 Å². The highest BCUT2D eigenvalue weighted by Gasteiger charge is 2.33. The van der Waals surface area contributed by atoms with Gasteiger partial charge in [-0.3, -0.25) is 4.79 Å². The third-order valence-electron chi connectivity index (χ3n) is 3.40. The van der Waals surface area contributed by atoms with Crippen molar-refractivity contribution in [2.45, 2.75) is 11.0 Å². The van der Waals surface area contributed by atoms with Gasteiger partial charge in [0.05, 0.1) is 18.7 Å². The summed E-state index contributed by atoms with van der Waals surface area (Å²) in [5.41, 5.74) is 0.765. The van der Waals surface area contributed by atoms with E-state index in [0.29, 0.717) is 19.0 Å². The van der Waals surface area contributed by atoms with E-state index in [9.17, 15) is 4.79 Å². The smallest absolute Gasteiger partial charge is 0.255 e. The highest BCUT2D eigenvalue weighted by molar-refractivity contribution is 7.98. The van der Waals surface area contributed by atoms with E-state index in [2.05, 4.69) is 4.98 Å². The Morgan fingerprint density at radius 2 is 2.00 bits per heavy atom. The molecule has 0 bridgehead atoms. The molecular formula is C16H16N2O2S. The Balaban J connectivity index is 1.60. The lowest BCUT2D eigenvalue weighted by molar-refractivity contribution is 0.0157. The van der Waals surface area contributed by atoms with Crippen molar-refractivity contribution < 1.29 is 9.53 Å². The second-order valence-electron chi connectivity index (χ2n) is 4.82. The van der Waals surface area contributed by atoms with Crippen LogP contribution >= 0.6 is 11.8 Å². The van der Waals surface area contributed by atoms with E-state index in [1.54, 1.807) is 18.0 Å². The number of nitrogens with zero attached hydrogens (tertiary/aromatic N) is 2. The zero-order chi connectivity index (χ0) is 14.7. The molecule has 0 N–H and O–H groups in total. The second-order valence-corrected chi connectivity index (χ2v) is 5.67. The van der Waals surface area contributed by atoms with Gasteiger partial charge in [0.15, 0.2) is 0 Å². The lowest BCUT2D eigenvalue weighted by Crippen LogP contribution is -2.56. The Hall–Kier alpha value is -2.01. The summed E-state index contributed by atoms with van der Waals surface area (Å²) in [7, 11) is 0. The largest absolute Gasteiger partial charge is 0.471 e. The van der Waals surface area contributed by atoms with Crippen LogP contribution in [0.1, 0.15) is 10.4 Å². The number of aromatic nitrogens is 1. The molecule has 0 spiro atoms. The normalized spacial score (nSPS) is 14.6. The van der Waals surface area contributed by atoms with Crippen LogP contribution in [0.4, 0.5) is 0 Å². The summed E-state index contributed by atoms with van der Waals surface area (Å²) in [5, 5.41) is 0. The maximum absolute atomic E-state index is 12.4. The van der Waals surface area contributed by atoms with Crippen LogP contribution in [0.3, 0.4) is 0 Å². The van der Waals surface area contributed by atoms with Crippen molar-refractivity contribution in [2.24, 2.45) is 0 Å². The molecule has 0 saturated carbocycles. The molecule has 108 valence electrons. The summed E-state index contributed by atoms with van der Waals surface area (Å²) in [6, 6.07) is 13.3. The highest BCUT2D eigenvalue weighted by Crippen LogP contribution is 2.24. The number of hydrogen-bond donors (Lipinski definition) is 0. The number of thioether (sulfide) groups is 1. The molecule has 5 heteroatoms. The van der Waals surface area contributed by atoms with Gasteiger partial charge in [0.1, 0.15) is 6.10 Å². The number of rotatable bonds is 4. The third-order valence-corrected chi connectivity index (χ3v) is 4.19. The zero-order valence-corrected chi connectivity index (χ0v) is 12.5. The first-order chi connectivity index (χ1) is 10.3. The van der Waals surface area contributed by atoms with Crippen molar-refractivity contribution in [1.29, 1.82) is 0 Å². The summed E-state index contributed by atoms with van der Waals surface area (Å²) in [6.07, 6.45) is 3.71. The van der Waals surface area contributed by atoms with E-state index in [0.717, 1.165) is 10.5 Å². The summed E-state index contributed by atoms with van der Waals surface area (Å²) >= 11 is 1.59. The number of pyridine rings is 1. The number of ether oxygens (including phenoxy) is 1. The molecule has 1 aliphatic heterocycles. The fourth-order valence-electron chi connectivity index (χ4n) is 2.26. The van der Waals surface area contributed by atoms with Crippen LogP contribution < -0.4 is 4.74 Å². The van der Waals surface area contributed by atoms with Crippen molar-refractivity contribution in [2.75, 3.05) is 19.3 Å². The van der Waals surface area contributed by atoms with Crippen LogP contribution in [0.5, 0.6) is 5.88 Å². The molecule has 21 heavy (non-hydrogen) atoms. The Labute approximate surface area is 128 Å². The molecule has 2 aromatic rings. The van der Waals surface area contributed by atoms with Gasteiger partial charge in [-0.1, -0.05) is 18.2 Å². The maximum atomic E-state index is 12.4. The highest BCUT2D eigenvalue weighted by atomic mass is 32.2. The molecule has 3 rings (SSSR count). The fraction of sp³-hybridized carbons (Fsp3) is 0.250. The first-order valence-electron chi connectivity index (χ1n) is 6.78. The molecule has 1 aromatic heterocycles. The van der Waals surface area contributed by atoms with Crippen molar-refractivity contribution in [3.63, 3.8) is 0 Å². The second kappa shape index (κ2) is 6.18. The minimum atomic E-state index is 0.0327. The average Bonchev–Trinajstić information content (AvgIpc) is 2.51. The summed E-state index contributed by atoms with van der Waals surface area (Å²) in [4.78, 5) is 19.4. The van der Waals surface area contributed by atoms with Gasteiger partial charge in [-0.15, -0.1) is 11.8 Å². The molecule has 1 aromatic carbocycles. The van der Waals surface area contributed by atoms with Crippen LogP contribution in [0.2, 0.25) is 0 Å². The van der Waals surface area contributed by atoms with E-state index < -0.39 is 0 Å². The molecule has 0 unspecified atom stereocenters. The van der Waals surface area contributed by atoms with Gasteiger partial charge in [-0.25, -0.2) is 4.98 Å². The van der Waals surface area contributed by atoms with Gasteiger partial charge < -0.3 is 9.64 Å². The van der Waals surface area contributed by atoms with Gasteiger partial charge in [0, 0.05) is 17.2 Å². The molecule has 1 amide bonds. The molecule has 2 heterocycles. The minimum absolute atomic E-state index is 0.0327. The summed E-state index contributed by atoms with van der Waals surface area (Å²) in [6.45, 7) is 1.22. The monoisotopic (exact) mass is 300 g/mol. The topological polar surface area (TPSA) is 42.4 Å². The Morgan fingerprint density at radius 1 is 1.24 bits per heavy atom. The molecule has 1 saturated heterocycles. The minimum Gasteiger partial charge on any atom is -0.471 e. The standard InChI is InChI=1S/C16H16N2O2S/c1-21-14-7-3-2-6-13(14)16(19)18-10-12(11-18)20-15-8-4-5-9-17-15/h2-9,12H,10-11H2,1H3. The van der Waals surface area contributed by atoms with Crippen LogP contribution in [-0.2, 0) is 0 Å². The number of benzene rings is 1. The average molecular weight is 300 g/mol. The van der Waals surface area contributed by atoms with Crippen molar-refractivity contribution >= 4 is 17.7 Å². The van der Waals surface area contributed by atoms with Gasteiger partial charge in [-0.2, -0.15) is 0 Å². The van der Waals surface area contributed by atoms with Gasteiger partial charge in [-0.05, 0) is 24.5 Å². The Kier molecular flexibility index (Phi) is 4.10. The molecule has 1 fully saturated rings. The number of amides is 1. The van der Waals surface area contributed by atoms with Gasteiger partial charge >= 0.3 is 0 Å². The molecule has 0 atom stereocenters. The van der Waals surface area contributed by atoms with Gasteiger partial charge in [0.2, 0.25) is 5.88 Å². The van der Waals surface area contributed by atoms with E-state index in [1.807, 2.05) is 53.6 Å². The summed E-state index contributed by atoms with van der Waals surface area (Å²) in [5.74, 6) is 0.680. The lowest BCUT2D eigenvalue weighted by atomic mass is 10.1. The fourth-order valence-corrected chi connectivity index (χ4v) is 2.85. The van der Waals surface area contributed by atoms with Crippen molar-refractivity contribution in [3.05, 3.63) is 54.2 Å². The number of hydrogen-bond acceptors (Lipinski definition) is 4. The predicted octanol–water partition coefficient (Wildman–Crippen LogP) is 2.71. The maximum Gasteiger partial charge on any atom is 0.255 e. The van der Waals surface area contributed by atoms with Gasteiger partial charge in [0.25, 0.3) is 5.91 Å². The molecule has 0 radical (unpaired) electrons. The SMILES string of the molecule is CSc1ccccc1C(=O)N1CC(Oc2ccccn2)C1. The van der Waals surface area contributed by atoms with E-state index in [4.69, 9.17) is 4.74 Å². The van der Waals surface area contributed by atoms with E-state index in [1.165, 1.54) is 0 Å². The summed E-state index contributed by atoms with van der Waals surface area (Å²) < 4.78 is 5.71. The Morgan fingerprint density at radius 3 is 2.71 bits per heavy atom. The Bertz CT molecular complexity index is 627. The molecule has 4 nitrogen and oxygen atoms in total.